The number of benzene rings is 2. The van der Waals surface area contributed by atoms with Crippen molar-refractivity contribution in [2.75, 3.05) is 50.2 Å². The van der Waals surface area contributed by atoms with E-state index < -0.39 is 18.5 Å². The van der Waals surface area contributed by atoms with Crippen LogP contribution in [0.4, 0.5) is 10.7 Å². The minimum Gasteiger partial charge on any atom is -0.451 e. The maximum Gasteiger partial charge on any atom is 0.348 e. The maximum atomic E-state index is 12.8. The highest BCUT2D eigenvalue weighted by Crippen LogP contribution is 2.39. The summed E-state index contributed by atoms with van der Waals surface area (Å²) in [5.41, 5.74) is 2.96. The van der Waals surface area contributed by atoms with E-state index in [9.17, 15) is 14.4 Å². The fraction of sp³-hybridized carbons (Fsp3) is 0.240. The second kappa shape index (κ2) is 11.0. The van der Waals surface area contributed by atoms with Crippen molar-refractivity contribution in [2.45, 2.75) is 0 Å². The lowest BCUT2D eigenvalue weighted by molar-refractivity contribution is -0.119. The smallest absolute Gasteiger partial charge is 0.348 e. The molecule has 4 rings (SSSR count). The quantitative estimate of drug-likeness (QED) is 0.504. The van der Waals surface area contributed by atoms with E-state index in [1.54, 1.807) is 31.3 Å². The molecule has 0 spiro atoms. The first-order valence-electron chi connectivity index (χ1n) is 10.9. The van der Waals surface area contributed by atoms with Crippen LogP contribution in [0.1, 0.15) is 20.0 Å². The Morgan fingerprint density at radius 2 is 1.74 bits per heavy atom. The second-order valence-corrected chi connectivity index (χ2v) is 8.61. The van der Waals surface area contributed by atoms with Gasteiger partial charge in [-0.2, -0.15) is 0 Å². The first-order chi connectivity index (χ1) is 16.5. The summed E-state index contributed by atoms with van der Waals surface area (Å²) in [6.07, 6.45) is 0. The van der Waals surface area contributed by atoms with Gasteiger partial charge in [0.15, 0.2) is 6.61 Å². The van der Waals surface area contributed by atoms with Crippen LogP contribution < -0.4 is 15.5 Å². The Bertz CT molecular complexity index is 1160. The van der Waals surface area contributed by atoms with Gasteiger partial charge in [-0.15, -0.1) is 11.3 Å². The zero-order chi connectivity index (χ0) is 23.9. The van der Waals surface area contributed by atoms with Crippen LogP contribution in [0.25, 0.3) is 11.1 Å². The van der Waals surface area contributed by atoms with Gasteiger partial charge in [-0.05, 0) is 35.9 Å². The monoisotopic (exact) mass is 479 g/mol. The molecule has 176 valence electrons. The van der Waals surface area contributed by atoms with Gasteiger partial charge in [0.05, 0.1) is 18.2 Å². The number of anilines is 2. The lowest BCUT2D eigenvalue weighted by Crippen LogP contribution is -2.35. The second-order valence-electron chi connectivity index (χ2n) is 7.58. The molecule has 2 aromatic carbocycles. The fourth-order valence-corrected chi connectivity index (χ4v) is 4.68. The van der Waals surface area contributed by atoms with Crippen molar-refractivity contribution in [1.29, 1.82) is 0 Å². The zero-order valence-electron chi connectivity index (χ0n) is 18.7. The standard InChI is InChI=1S/C25H25N3O5S/c1-26-23(30)18-7-9-19(10-8-18)27-22(29)16-33-25(31)21-15-20(17-5-3-2-4-6-17)24(34-21)28-11-13-32-14-12-28/h2-10,15H,11-14,16H2,1H3,(H,26,30)(H,27,29). The third-order valence-corrected chi connectivity index (χ3v) is 6.46. The number of hydrogen-bond donors (Lipinski definition) is 2. The third kappa shape index (κ3) is 5.62. The van der Waals surface area contributed by atoms with Gasteiger partial charge in [-0.3, -0.25) is 9.59 Å². The molecule has 2 N–H and O–H groups in total. The van der Waals surface area contributed by atoms with E-state index in [0.29, 0.717) is 29.3 Å². The van der Waals surface area contributed by atoms with Crippen LogP contribution in [-0.2, 0) is 14.3 Å². The number of morpholine rings is 1. The Hall–Kier alpha value is -3.69. The van der Waals surface area contributed by atoms with Gasteiger partial charge in [0.2, 0.25) is 0 Å². The van der Waals surface area contributed by atoms with Crippen LogP contribution in [0.15, 0.2) is 60.7 Å². The molecule has 1 saturated heterocycles. The van der Waals surface area contributed by atoms with Gasteiger partial charge >= 0.3 is 5.97 Å². The van der Waals surface area contributed by atoms with Crippen LogP contribution in [0.5, 0.6) is 0 Å². The van der Waals surface area contributed by atoms with E-state index in [1.807, 2.05) is 36.4 Å². The van der Waals surface area contributed by atoms with Gasteiger partial charge in [0, 0.05) is 37.0 Å². The number of nitrogens with one attached hydrogen (secondary N) is 2. The molecule has 2 amide bonds. The number of nitrogens with zero attached hydrogens (tertiary/aromatic N) is 1. The first kappa shape index (κ1) is 23.5. The minimum atomic E-state index is -0.549. The fourth-order valence-electron chi connectivity index (χ4n) is 3.56. The van der Waals surface area contributed by atoms with Crippen molar-refractivity contribution in [3.05, 3.63) is 71.1 Å². The highest BCUT2D eigenvalue weighted by Gasteiger charge is 2.23. The molecule has 9 heteroatoms. The van der Waals surface area contributed by atoms with Crippen LogP contribution in [0.3, 0.4) is 0 Å². The van der Waals surface area contributed by atoms with E-state index >= 15 is 0 Å². The molecule has 0 bridgehead atoms. The highest BCUT2D eigenvalue weighted by atomic mass is 32.1. The average Bonchev–Trinajstić information content (AvgIpc) is 3.34. The highest BCUT2D eigenvalue weighted by molar-refractivity contribution is 7.18. The number of carbonyl (C=O) groups is 3. The molecule has 0 unspecified atom stereocenters. The number of esters is 1. The van der Waals surface area contributed by atoms with E-state index in [1.165, 1.54) is 11.3 Å². The SMILES string of the molecule is CNC(=O)c1ccc(NC(=O)COC(=O)c2cc(-c3ccccc3)c(N3CCOCC3)s2)cc1. The largest absolute Gasteiger partial charge is 0.451 e. The van der Waals surface area contributed by atoms with Gasteiger partial charge in [0.1, 0.15) is 4.88 Å². The predicted molar refractivity (Wildman–Crippen MR) is 132 cm³/mol. The average molecular weight is 480 g/mol. The molecule has 1 aliphatic heterocycles. The summed E-state index contributed by atoms with van der Waals surface area (Å²) in [6, 6.07) is 18.1. The van der Waals surface area contributed by atoms with Crippen molar-refractivity contribution in [2.24, 2.45) is 0 Å². The first-order valence-corrected chi connectivity index (χ1v) is 11.7. The van der Waals surface area contributed by atoms with Crippen molar-refractivity contribution < 1.29 is 23.9 Å². The zero-order valence-corrected chi connectivity index (χ0v) is 19.5. The van der Waals surface area contributed by atoms with Crippen molar-refractivity contribution >= 4 is 39.8 Å². The molecule has 1 fully saturated rings. The lowest BCUT2D eigenvalue weighted by atomic mass is 10.1. The molecule has 0 aliphatic carbocycles. The molecule has 1 aromatic heterocycles. The van der Waals surface area contributed by atoms with Crippen LogP contribution in [-0.4, -0.2) is 57.7 Å². The normalized spacial score (nSPS) is 13.3. The summed E-state index contributed by atoms with van der Waals surface area (Å²) in [5.74, 6) is -1.23. The Morgan fingerprint density at radius 3 is 2.41 bits per heavy atom. The minimum absolute atomic E-state index is 0.214. The maximum absolute atomic E-state index is 12.8. The summed E-state index contributed by atoms with van der Waals surface area (Å²) in [4.78, 5) is 39.3. The topological polar surface area (TPSA) is 97.0 Å². The van der Waals surface area contributed by atoms with Gasteiger partial charge in [0.25, 0.3) is 11.8 Å². The molecule has 1 aliphatic rings. The molecule has 3 aromatic rings. The molecule has 0 saturated carbocycles. The Labute approximate surface area is 201 Å². The van der Waals surface area contributed by atoms with Crippen molar-refractivity contribution in [3.63, 3.8) is 0 Å². The summed E-state index contributed by atoms with van der Waals surface area (Å²) >= 11 is 1.36. The van der Waals surface area contributed by atoms with Crippen LogP contribution in [0, 0.1) is 0 Å². The van der Waals surface area contributed by atoms with Gasteiger partial charge in [-0.25, -0.2) is 4.79 Å². The summed E-state index contributed by atoms with van der Waals surface area (Å²) in [7, 11) is 1.55. The van der Waals surface area contributed by atoms with Crippen LogP contribution in [0.2, 0.25) is 0 Å². The summed E-state index contributed by atoms with van der Waals surface area (Å²) < 4.78 is 10.8. The number of rotatable bonds is 7. The number of carbonyl (C=O) groups excluding carboxylic acids is 3. The van der Waals surface area contributed by atoms with Gasteiger partial charge in [-0.1, -0.05) is 30.3 Å². The molecular formula is C25H25N3O5S. The molecular weight excluding hydrogens is 454 g/mol. The molecule has 8 nitrogen and oxygen atoms in total. The molecule has 2 heterocycles. The number of ether oxygens (including phenoxy) is 2. The van der Waals surface area contributed by atoms with E-state index in [2.05, 4.69) is 15.5 Å². The van der Waals surface area contributed by atoms with Gasteiger partial charge < -0.3 is 25.0 Å². The Kier molecular flexibility index (Phi) is 7.56. The molecule has 0 atom stereocenters. The van der Waals surface area contributed by atoms with Crippen LogP contribution >= 0.6 is 11.3 Å². The summed E-state index contributed by atoms with van der Waals surface area (Å²) in [5, 5.41) is 6.18. The van der Waals surface area contributed by atoms with Crippen molar-refractivity contribution in [3.8, 4) is 11.1 Å². The molecule has 34 heavy (non-hydrogen) atoms. The van der Waals surface area contributed by atoms with E-state index in [4.69, 9.17) is 9.47 Å². The number of hydrogen-bond acceptors (Lipinski definition) is 7. The van der Waals surface area contributed by atoms with E-state index in [0.717, 1.165) is 29.2 Å². The Morgan fingerprint density at radius 1 is 1.03 bits per heavy atom. The lowest BCUT2D eigenvalue weighted by Gasteiger charge is -2.28. The number of thiophene rings is 1. The molecule has 0 radical (unpaired) electrons. The van der Waals surface area contributed by atoms with Crippen molar-refractivity contribution in [1.82, 2.24) is 5.32 Å². The number of amides is 2. The third-order valence-electron chi connectivity index (χ3n) is 5.29. The predicted octanol–water partition coefficient (Wildman–Crippen LogP) is 3.41. The Balaban J connectivity index is 1.42. The summed E-state index contributed by atoms with van der Waals surface area (Å²) in [6.45, 7) is 2.35. The van der Waals surface area contributed by atoms with E-state index in [-0.39, 0.29) is 5.91 Å².